The summed E-state index contributed by atoms with van der Waals surface area (Å²) in [5.74, 6) is 1.51. The Balaban J connectivity index is 2.44. The summed E-state index contributed by atoms with van der Waals surface area (Å²) < 4.78 is 15.6. The number of rotatable bonds is 3. The lowest BCUT2D eigenvalue weighted by Gasteiger charge is -2.16. The molecule has 0 aliphatic rings. The summed E-state index contributed by atoms with van der Waals surface area (Å²) in [6, 6.07) is 2.69. The zero-order valence-electron chi connectivity index (χ0n) is 13.9. The van der Waals surface area contributed by atoms with E-state index in [0.29, 0.717) is 5.69 Å². The summed E-state index contributed by atoms with van der Waals surface area (Å²) in [6.45, 7) is 1.49. The minimum atomic E-state index is -0.866. The standard InChI is InChI=1S/C18H11Cl2FN4O2/c1-3-4-24-10(2)15(11-5-14(20)16(21)23-7-11)17(26)25(18(24)27)13-6-12(19)8-22-9-13/h1,5-9H,4H2,2H3. The van der Waals surface area contributed by atoms with E-state index >= 15 is 0 Å². The fraction of sp³-hybridized carbons (Fsp3) is 0.111. The molecule has 0 aliphatic heterocycles. The molecule has 0 atom stereocenters. The lowest BCUT2D eigenvalue weighted by molar-refractivity contribution is 0.584. The average molecular weight is 405 g/mol. The maximum Gasteiger partial charge on any atom is 0.336 e. The summed E-state index contributed by atoms with van der Waals surface area (Å²) in [5.41, 5.74) is -0.467. The fourth-order valence-electron chi connectivity index (χ4n) is 2.67. The van der Waals surface area contributed by atoms with E-state index in [0.717, 1.165) is 10.8 Å². The molecule has 0 radical (unpaired) electrons. The molecular weight excluding hydrogens is 394 g/mol. The van der Waals surface area contributed by atoms with Gasteiger partial charge in [0.15, 0.2) is 0 Å². The maximum atomic E-state index is 13.4. The van der Waals surface area contributed by atoms with Gasteiger partial charge in [0.25, 0.3) is 5.56 Å². The third kappa shape index (κ3) is 3.37. The first-order chi connectivity index (χ1) is 12.8. The first kappa shape index (κ1) is 18.8. The second-order valence-electron chi connectivity index (χ2n) is 5.53. The molecule has 0 unspecified atom stereocenters. The van der Waals surface area contributed by atoms with Gasteiger partial charge in [-0.2, -0.15) is 4.39 Å². The van der Waals surface area contributed by atoms with Crippen molar-refractivity contribution >= 4 is 23.2 Å². The van der Waals surface area contributed by atoms with Crippen molar-refractivity contribution in [2.75, 3.05) is 0 Å². The van der Waals surface area contributed by atoms with E-state index in [4.69, 9.17) is 29.6 Å². The maximum absolute atomic E-state index is 13.4. The van der Waals surface area contributed by atoms with Gasteiger partial charge in [0.1, 0.15) is 0 Å². The van der Waals surface area contributed by atoms with Crippen molar-refractivity contribution in [2.24, 2.45) is 0 Å². The molecule has 3 heterocycles. The molecule has 0 aromatic carbocycles. The molecule has 0 aliphatic carbocycles. The number of hydrogen-bond acceptors (Lipinski definition) is 4. The Morgan fingerprint density at radius 1 is 1.22 bits per heavy atom. The van der Waals surface area contributed by atoms with Crippen molar-refractivity contribution in [2.45, 2.75) is 13.5 Å². The van der Waals surface area contributed by atoms with E-state index in [1.165, 1.54) is 29.1 Å². The monoisotopic (exact) mass is 404 g/mol. The average Bonchev–Trinajstić information content (AvgIpc) is 2.62. The molecule has 9 heteroatoms. The molecule has 0 saturated carbocycles. The van der Waals surface area contributed by atoms with Crippen molar-refractivity contribution in [1.29, 1.82) is 0 Å². The van der Waals surface area contributed by atoms with Crippen LogP contribution in [0.15, 0.2) is 40.3 Å². The van der Waals surface area contributed by atoms with Crippen LogP contribution >= 0.6 is 23.2 Å². The Morgan fingerprint density at radius 3 is 2.59 bits per heavy atom. The zero-order valence-corrected chi connectivity index (χ0v) is 15.4. The smallest absolute Gasteiger partial charge is 0.285 e. The zero-order chi connectivity index (χ0) is 19.7. The van der Waals surface area contributed by atoms with Gasteiger partial charge in [0, 0.05) is 23.7 Å². The summed E-state index contributed by atoms with van der Waals surface area (Å²) in [4.78, 5) is 33.5. The first-order valence-electron chi connectivity index (χ1n) is 7.57. The van der Waals surface area contributed by atoms with Crippen LogP contribution in [0.1, 0.15) is 5.69 Å². The van der Waals surface area contributed by atoms with E-state index in [1.54, 1.807) is 6.92 Å². The van der Waals surface area contributed by atoms with Gasteiger partial charge in [-0.15, -0.1) is 6.42 Å². The predicted molar refractivity (Wildman–Crippen MR) is 101 cm³/mol. The van der Waals surface area contributed by atoms with Crippen LogP contribution < -0.4 is 11.2 Å². The third-order valence-corrected chi connectivity index (χ3v) is 4.36. The van der Waals surface area contributed by atoms with Gasteiger partial charge >= 0.3 is 5.69 Å². The molecule has 0 amide bonds. The number of nitrogens with zero attached hydrogens (tertiary/aromatic N) is 4. The highest BCUT2D eigenvalue weighted by molar-refractivity contribution is 6.31. The second kappa shape index (κ2) is 7.35. The molecule has 0 saturated heterocycles. The van der Waals surface area contributed by atoms with Gasteiger partial charge in [0.2, 0.25) is 5.95 Å². The number of aromatic nitrogens is 4. The number of halogens is 3. The minimum absolute atomic E-state index is 0.0751. The molecule has 0 N–H and O–H groups in total. The van der Waals surface area contributed by atoms with Gasteiger partial charge in [-0.05, 0) is 19.1 Å². The van der Waals surface area contributed by atoms with Crippen LogP contribution in [0.3, 0.4) is 0 Å². The molecule has 0 bridgehead atoms. The van der Waals surface area contributed by atoms with Gasteiger partial charge in [-0.25, -0.2) is 14.3 Å². The molecule has 0 fully saturated rings. The predicted octanol–water partition coefficient (Wildman–Crippen LogP) is 2.84. The van der Waals surface area contributed by atoms with Crippen LogP contribution in [-0.4, -0.2) is 19.1 Å². The van der Waals surface area contributed by atoms with Crippen LogP contribution in [0.2, 0.25) is 10.0 Å². The Labute approximate surface area is 162 Å². The third-order valence-electron chi connectivity index (χ3n) is 3.89. The van der Waals surface area contributed by atoms with E-state index in [9.17, 15) is 14.0 Å². The Hall–Kier alpha value is -2.95. The van der Waals surface area contributed by atoms with Crippen LogP contribution in [0.25, 0.3) is 16.8 Å². The topological polar surface area (TPSA) is 69.8 Å². The number of hydrogen-bond donors (Lipinski definition) is 0. The highest BCUT2D eigenvalue weighted by atomic mass is 35.5. The SMILES string of the molecule is C#CCn1c(C)c(-c2cnc(F)c(Cl)c2)c(=O)n(-c2cncc(Cl)c2)c1=O. The molecular formula is C18H11Cl2FN4O2. The molecule has 3 rings (SSSR count). The Bertz CT molecular complexity index is 1210. The summed E-state index contributed by atoms with van der Waals surface area (Å²) >= 11 is 11.7. The normalized spacial score (nSPS) is 10.6. The van der Waals surface area contributed by atoms with Crippen molar-refractivity contribution in [1.82, 2.24) is 19.1 Å². The summed E-state index contributed by atoms with van der Waals surface area (Å²) in [6.07, 6.45) is 9.22. The van der Waals surface area contributed by atoms with Gasteiger partial charge in [-0.1, -0.05) is 29.1 Å². The lowest BCUT2D eigenvalue weighted by atomic mass is 10.1. The Kier molecular flexibility index (Phi) is 5.13. The summed E-state index contributed by atoms with van der Waals surface area (Å²) in [5, 5.41) is -0.00658. The van der Waals surface area contributed by atoms with Crippen LogP contribution in [0, 0.1) is 25.2 Å². The second-order valence-corrected chi connectivity index (χ2v) is 6.38. The highest BCUT2D eigenvalue weighted by Gasteiger charge is 2.20. The lowest BCUT2D eigenvalue weighted by Crippen LogP contribution is -2.41. The quantitative estimate of drug-likeness (QED) is 0.497. The van der Waals surface area contributed by atoms with E-state index in [2.05, 4.69) is 15.9 Å². The molecule has 3 aromatic heterocycles. The van der Waals surface area contributed by atoms with Crippen molar-refractivity contribution in [3.63, 3.8) is 0 Å². The van der Waals surface area contributed by atoms with Crippen LogP contribution in [-0.2, 0) is 6.54 Å². The van der Waals surface area contributed by atoms with E-state index < -0.39 is 17.2 Å². The van der Waals surface area contributed by atoms with Crippen LogP contribution in [0.5, 0.6) is 0 Å². The number of pyridine rings is 2. The van der Waals surface area contributed by atoms with E-state index in [1.807, 2.05) is 0 Å². The van der Waals surface area contributed by atoms with Crippen molar-refractivity contribution in [3.8, 4) is 29.2 Å². The molecule has 27 heavy (non-hydrogen) atoms. The first-order valence-corrected chi connectivity index (χ1v) is 8.33. The molecule has 0 spiro atoms. The van der Waals surface area contributed by atoms with E-state index in [-0.39, 0.29) is 33.4 Å². The van der Waals surface area contributed by atoms with Crippen molar-refractivity contribution in [3.05, 3.63) is 73.2 Å². The van der Waals surface area contributed by atoms with Crippen molar-refractivity contribution < 1.29 is 4.39 Å². The van der Waals surface area contributed by atoms with Gasteiger partial charge in [0.05, 0.1) is 34.0 Å². The van der Waals surface area contributed by atoms with Gasteiger partial charge in [-0.3, -0.25) is 14.3 Å². The Morgan fingerprint density at radius 2 is 1.96 bits per heavy atom. The molecule has 3 aromatic rings. The summed E-state index contributed by atoms with van der Waals surface area (Å²) in [7, 11) is 0. The highest BCUT2D eigenvalue weighted by Crippen LogP contribution is 2.23. The molecule has 136 valence electrons. The number of terminal acetylenes is 1. The van der Waals surface area contributed by atoms with Crippen LogP contribution in [0.4, 0.5) is 4.39 Å². The van der Waals surface area contributed by atoms with Gasteiger partial charge < -0.3 is 0 Å². The minimum Gasteiger partial charge on any atom is -0.285 e. The fourth-order valence-corrected chi connectivity index (χ4v) is 3.01. The molecule has 6 nitrogen and oxygen atoms in total. The largest absolute Gasteiger partial charge is 0.336 e.